The Morgan fingerprint density at radius 3 is 2.67 bits per heavy atom. The van der Waals surface area contributed by atoms with Crippen molar-refractivity contribution in [3.63, 3.8) is 0 Å². The summed E-state index contributed by atoms with van der Waals surface area (Å²) in [5.74, 6) is 0. The molecule has 0 fully saturated rings. The van der Waals surface area contributed by atoms with Crippen LogP contribution in [0.4, 0.5) is 5.69 Å². The maximum absolute atomic E-state index is 12.1. The first-order chi connectivity index (χ1) is 8.42. The van der Waals surface area contributed by atoms with Crippen LogP contribution < -0.4 is 4.72 Å². The minimum Gasteiger partial charge on any atom is -0.281 e. The van der Waals surface area contributed by atoms with E-state index in [2.05, 4.69) is 14.9 Å². The van der Waals surface area contributed by atoms with Gasteiger partial charge < -0.3 is 0 Å². The highest BCUT2D eigenvalue weighted by atomic mass is 35.5. The number of aromatic amines is 1. The summed E-state index contributed by atoms with van der Waals surface area (Å²) < 4.78 is 26.7. The number of benzene rings is 1. The van der Waals surface area contributed by atoms with Crippen LogP contribution in [-0.2, 0) is 10.0 Å². The van der Waals surface area contributed by atoms with Crippen LogP contribution in [0.3, 0.4) is 0 Å². The van der Waals surface area contributed by atoms with Gasteiger partial charge in [-0.1, -0.05) is 23.7 Å². The number of nitrogens with one attached hydrogen (secondary N) is 2. The van der Waals surface area contributed by atoms with Crippen LogP contribution in [0.2, 0.25) is 5.02 Å². The van der Waals surface area contributed by atoms with Crippen molar-refractivity contribution in [2.75, 3.05) is 4.72 Å². The Hall–Kier alpha value is -1.53. The summed E-state index contributed by atoms with van der Waals surface area (Å²) in [6.07, 6.45) is 1.27. The lowest BCUT2D eigenvalue weighted by Gasteiger charge is -2.10. The van der Waals surface area contributed by atoms with E-state index in [0.717, 1.165) is 5.56 Å². The molecule has 0 aliphatic carbocycles. The maximum Gasteiger partial charge on any atom is 0.265 e. The molecule has 0 amide bonds. The third-order valence-corrected chi connectivity index (χ3v) is 4.49. The van der Waals surface area contributed by atoms with Crippen molar-refractivity contribution in [2.24, 2.45) is 0 Å². The molecular formula is C11H12ClN3O2S. The SMILES string of the molecule is Cc1cccc(NS(=O)(=O)c2cn[nH]c2C)c1Cl. The van der Waals surface area contributed by atoms with E-state index in [0.29, 0.717) is 16.4 Å². The summed E-state index contributed by atoms with van der Waals surface area (Å²) in [7, 11) is -3.67. The van der Waals surface area contributed by atoms with E-state index in [9.17, 15) is 8.42 Å². The number of sulfonamides is 1. The standard InChI is InChI=1S/C11H12ClN3O2S/c1-7-4-3-5-9(11(7)12)15-18(16,17)10-6-13-14-8(10)2/h3-6,15H,1-2H3,(H,13,14). The number of aromatic nitrogens is 2. The van der Waals surface area contributed by atoms with Crippen LogP contribution in [-0.4, -0.2) is 18.6 Å². The van der Waals surface area contributed by atoms with Crippen molar-refractivity contribution < 1.29 is 8.42 Å². The van der Waals surface area contributed by atoms with Crippen LogP contribution >= 0.6 is 11.6 Å². The maximum atomic E-state index is 12.1. The zero-order valence-electron chi connectivity index (χ0n) is 9.86. The molecule has 0 aliphatic heterocycles. The Bertz CT molecular complexity index is 679. The van der Waals surface area contributed by atoms with Gasteiger partial charge in [-0.15, -0.1) is 0 Å². The molecule has 0 saturated heterocycles. The fourth-order valence-corrected chi connectivity index (χ4v) is 2.98. The first-order valence-corrected chi connectivity index (χ1v) is 7.06. The molecule has 1 heterocycles. The van der Waals surface area contributed by atoms with Crippen LogP contribution in [0.25, 0.3) is 0 Å². The topological polar surface area (TPSA) is 74.8 Å². The predicted molar refractivity (Wildman–Crippen MR) is 70.3 cm³/mol. The van der Waals surface area contributed by atoms with Gasteiger partial charge in [-0.3, -0.25) is 9.82 Å². The molecule has 18 heavy (non-hydrogen) atoms. The van der Waals surface area contributed by atoms with E-state index >= 15 is 0 Å². The smallest absolute Gasteiger partial charge is 0.265 e. The van der Waals surface area contributed by atoms with Gasteiger partial charge in [0, 0.05) is 0 Å². The van der Waals surface area contributed by atoms with Crippen LogP contribution in [0, 0.1) is 13.8 Å². The third kappa shape index (κ3) is 2.34. The fraction of sp³-hybridized carbons (Fsp3) is 0.182. The van der Waals surface area contributed by atoms with Crippen molar-refractivity contribution in [2.45, 2.75) is 18.7 Å². The molecule has 2 rings (SSSR count). The van der Waals surface area contributed by atoms with Gasteiger partial charge in [0.1, 0.15) is 4.90 Å². The molecule has 0 atom stereocenters. The minimum absolute atomic E-state index is 0.111. The van der Waals surface area contributed by atoms with Gasteiger partial charge in [0.05, 0.1) is 22.6 Å². The lowest BCUT2D eigenvalue weighted by Crippen LogP contribution is -2.13. The van der Waals surface area contributed by atoms with E-state index in [1.165, 1.54) is 6.20 Å². The van der Waals surface area contributed by atoms with Gasteiger partial charge >= 0.3 is 0 Å². The number of rotatable bonds is 3. The van der Waals surface area contributed by atoms with Crippen molar-refractivity contribution >= 4 is 27.3 Å². The Morgan fingerprint density at radius 1 is 1.33 bits per heavy atom. The summed E-state index contributed by atoms with van der Waals surface area (Å²) in [6.45, 7) is 3.45. The number of nitrogens with zero attached hydrogens (tertiary/aromatic N) is 1. The molecule has 7 heteroatoms. The van der Waals surface area contributed by atoms with Gasteiger partial charge in [0.25, 0.3) is 10.0 Å². The number of halogens is 1. The molecule has 2 aromatic rings. The molecule has 2 N–H and O–H groups in total. The minimum atomic E-state index is -3.67. The summed E-state index contributed by atoms with van der Waals surface area (Å²) in [6, 6.07) is 5.16. The number of aryl methyl sites for hydroxylation is 2. The van der Waals surface area contributed by atoms with Crippen molar-refractivity contribution in [3.05, 3.63) is 40.7 Å². The predicted octanol–water partition coefficient (Wildman–Crippen LogP) is 2.48. The second-order valence-electron chi connectivity index (χ2n) is 3.90. The summed E-state index contributed by atoms with van der Waals surface area (Å²) in [5.41, 5.74) is 1.64. The second-order valence-corrected chi connectivity index (χ2v) is 5.93. The van der Waals surface area contributed by atoms with Gasteiger partial charge in [0.15, 0.2) is 0 Å². The molecule has 0 aliphatic rings. The monoisotopic (exact) mass is 285 g/mol. The average molecular weight is 286 g/mol. The summed E-state index contributed by atoms with van der Waals surface area (Å²) in [4.78, 5) is 0.111. The lowest BCUT2D eigenvalue weighted by molar-refractivity contribution is 0.600. The Labute approximate surface area is 110 Å². The quantitative estimate of drug-likeness (QED) is 0.910. The lowest BCUT2D eigenvalue weighted by atomic mass is 10.2. The Morgan fingerprint density at radius 2 is 2.06 bits per heavy atom. The van der Waals surface area contributed by atoms with Gasteiger partial charge in [0.2, 0.25) is 0 Å². The number of anilines is 1. The number of H-pyrrole nitrogens is 1. The fourth-order valence-electron chi connectivity index (χ4n) is 1.54. The number of hydrogen-bond acceptors (Lipinski definition) is 3. The van der Waals surface area contributed by atoms with Gasteiger partial charge in [-0.25, -0.2) is 8.42 Å². The van der Waals surface area contributed by atoms with Crippen molar-refractivity contribution in [1.82, 2.24) is 10.2 Å². The molecule has 96 valence electrons. The second kappa shape index (κ2) is 4.62. The molecular weight excluding hydrogens is 274 g/mol. The normalized spacial score (nSPS) is 11.5. The largest absolute Gasteiger partial charge is 0.281 e. The van der Waals surface area contributed by atoms with E-state index < -0.39 is 10.0 Å². The van der Waals surface area contributed by atoms with Gasteiger partial charge in [-0.2, -0.15) is 5.10 Å². The van der Waals surface area contributed by atoms with E-state index in [1.807, 2.05) is 13.0 Å². The summed E-state index contributed by atoms with van der Waals surface area (Å²) >= 11 is 6.05. The molecule has 0 radical (unpaired) electrons. The molecule has 0 saturated carbocycles. The average Bonchev–Trinajstić information content (AvgIpc) is 2.72. The first kappa shape index (κ1) is 12.9. The van der Waals surface area contributed by atoms with Crippen molar-refractivity contribution in [3.8, 4) is 0 Å². The molecule has 0 bridgehead atoms. The van der Waals surface area contributed by atoms with E-state index in [1.54, 1.807) is 19.1 Å². The van der Waals surface area contributed by atoms with Crippen LogP contribution in [0.15, 0.2) is 29.3 Å². The molecule has 0 spiro atoms. The van der Waals surface area contributed by atoms with Crippen LogP contribution in [0.5, 0.6) is 0 Å². The molecule has 0 unspecified atom stereocenters. The highest BCUT2D eigenvalue weighted by molar-refractivity contribution is 7.92. The zero-order valence-corrected chi connectivity index (χ0v) is 11.4. The highest BCUT2D eigenvalue weighted by Crippen LogP contribution is 2.27. The first-order valence-electron chi connectivity index (χ1n) is 5.20. The summed E-state index contributed by atoms with van der Waals surface area (Å²) in [5, 5.41) is 6.67. The number of hydrogen-bond donors (Lipinski definition) is 2. The third-order valence-electron chi connectivity index (χ3n) is 2.51. The molecule has 5 nitrogen and oxygen atoms in total. The van der Waals surface area contributed by atoms with Crippen LogP contribution in [0.1, 0.15) is 11.3 Å². The molecule has 1 aromatic heterocycles. The van der Waals surface area contributed by atoms with Gasteiger partial charge in [-0.05, 0) is 25.5 Å². The highest BCUT2D eigenvalue weighted by Gasteiger charge is 2.19. The Balaban J connectivity index is 2.40. The van der Waals surface area contributed by atoms with Crippen molar-refractivity contribution in [1.29, 1.82) is 0 Å². The van der Waals surface area contributed by atoms with E-state index in [4.69, 9.17) is 11.6 Å². The zero-order chi connectivity index (χ0) is 13.3. The Kier molecular flexibility index (Phi) is 3.32. The van der Waals surface area contributed by atoms with E-state index in [-0.39, 0.29) is 4.90 Å². The molecule has 1 aromatic carbocycles.